The van der Waals surface area contributed by atoms with Crippen LogP contribution in [0.15, 0.2) is 12.1 Å². The van der Waals surface area contributed by atoms with Crippen LogP contribution in [0.5, 0.6) is 0 Å². The molecule has 0 unspecified atom stereocenters. The van der Waals surface area contributed by atoms with Crippen LogP contribution < -0.4 is 0 Å². The van der Waals surface area contributed by atoms with Crippen LogP contribution in [0.4, 0.5) is 17.6 Å². The standard InChI is InChI=1S/C9H5ClF4O/c1-4(15)6-2-5(10)3-7(11)8(6)9(12,13)14/h2-3H,1H3. The number of hydrogen-bond acceptors (Lipinski definition) is 1. The fraction of sp³-hybridized carbons (Fsp3) is 0.222. The van der Waals surface area contributed by atoms with Gasteiger partial charge in [-0.3, -0.25) is 4.79 Å². The van der Waals surface area contributed by atoms with Crippen molar-refractivity contribution in [2.45, 2.75) is 13.1 Å². The Bertz CT molecular complexity index is 411. The van der Waals surface area contributed by atoms with E-state index in [4.69, 9.17) is 11.6 Å². The molecule has 0 aliphatic rings. The molecule has 1 aromatic rings. The van der Waals surface area contributed by atoms with E-state index in [0.29, 0.717) is 6.07 Å². The van der Waals surface area contributed by atoms with E-state index >= 15 is 0 Å². The molecule has 0 saturated heterocycles. The Morgan fingerprint density at radius 3 is 2.27 bits per heavy atom. The third-order valence-corrected chi connectivity index (χ3v) is 1.94. The highest BCUT2D eigenvalue weighted by Gasteiger charge is 2.38. The van der Waals surface area contributed by atoms with E-state index in [1.54, 1.807) is 0 Å². The van der Waals surface area contributed by atoms with Crippen LogP contribution in [0.1, 0.15) is 22.8 Å². The van der Waals surface area contributed by atoms with Crippen molar-refractivity contribution in [2.24, 2.45) is 0 Å². The number of benzene rings is 1. The molecule has 0 radical (unpaired) electrons. The molecule has 0 aliphatic carbocycles. The summed E-state index contributed by atoms with van der Waals surface area (Å²) in [4.78, 5) is 10.9. The molecule has 0 saturated carbocycles. The van der Waals surface area contributed by atoms with Gasteiger partial charge in [-0.25, -0.2) is 4.39 Å². The molecule has 6 heteroatoms. The Morgan fingerprint density at radius 1 is 1.33 bits per heavy atom. The second-order valence-corrected chi connectivity index (χ2v) is 3.30. The van der Waals surface area contributed by atoms with Gasteiger partial charge in [0.15, 0.2) is 5.78 Å². The summed E-state index contributed by atoms with van der Waals surface area (Å²) in [6.45, 7) is 0.917. The molecular weight excluding hydrogens is 236 g/mol. The summed E-state index contributed by atoms with van der Waals surface area (Å²) in [6.07, 6.45) is -4.91. The predicted octanol–water partition coefficient (Wildman–Crippen LogP) is 3.70. The van der Waals surface area contributed by atoms with Crippen LogP contribution in [0.2, 0.25) is 5.02 Å². The molecule has 15 heavy (non-hydrogen) atoms. The minimum absolute atomic E-state index is 0.245. The lowest BCUT2D eigenvalue weighted by atomic mass is 10.0. The Kier molecular flexibility index (Phi) is 3.04. The number of hydrogen-bond donors (Lipinski definition) is 0. The number of alkyl halides is 3. The Labute approximate surface area is 87.7 Å². The average Bonchev–Trinajstić information content (AvgIpc) is 1.99. The van der Waals surface area contributed by atoms with E-state index in [1.807, 2.05) is 0 Å². The van der Waals surface area contributed by atoms with Gasteiger partial charge in [-0.2, -0.15) is 13.2 Å². The SMILES string of the molecule is CC(=O)c1cc(Cl)cc(F)c1C(F)(F)F. The fourth-order valence-electron chi connectivity index (χ4n) is 1.14. The number of rotatable bonds is 1. The molecule has 0 amide bonds. The molecule has 0 atom stereocenters. The summed E-state index contributed by atoms with van der Waals surface area (Å²) in [7, 11) is 0. The molecule has 1 rings (SSSR count). The highest BCUT2D eigenvalue weighted by molar-refractivity contribution is 6.31. The molecular formula is C9H5ClF4O. The van der Waals surface area contributed by atoms with Crippen LogP contribution in [-0.2, 0) is 6.18 Å². The monoisotopic (exact) mass is 240 g/mol. The van der Waals surface area contributed by atoms with E-state index in [1.165, 1.54) is 0 Å². The lowest BCUT2D eigenvalue weighted by molar-refractivity contribution is -0.140. The minimum Gasteiger partial charge on any atom is -0.294 e. The summed E-state index contributed by atoms with van der Waals surface area (Å²) in [6, 6.07) is 1.33. The molecule has 0 aromatic heterocycles. The van der Waals surface area contributed by atoms with Crippen molar-refractivity contribution in [3.05, 3.63) is 34.1 Å². The van der Waals surface area contributed by atoms with Crippen molar-refractivity contribution in [1.82, 2.24) is 0 Å². The van der Waals surface area contributed by atoms with Crippen molar-refractivity contribution < 1.29 is 22.4 Å². The van der Waals surface area contributed by atoms with Gasteiger partial charge in [0.1, 0.15) is 11.4 Å². The van der Waals surface area contributed by atoms with Gasteiger partial charge in [-0.1, -0.05) is 11.6 Å². The molecule has 0 heterocycles. The maximum atomic E-state index is 13.0. The number of Topliss-reactive ketones (excluding diaryl/α,β-unsaturated/α-hetero) is 1. The van der Waals surface area contributed by atoms with Crippen molar-refractivity contribution in [3.63, 3.8) is 0 Å². The molecule has 0 aliphatic heterocycles. The highest BCUT2D eigenvalue weighted by atomic mass is 35.5. The van der Waals surface area contributed by atoms with E-state index in [9.17, 15) is 22.4 Å². The van der Waals surface area contributed by atoms with Crippen LogP contribution in [-0.4, -0.2) is 5.78 Å². The minimum atomic E-state index is -4.91. The van der Waals surface area contributed by atoms with Gasteiger partial charge in [0.2, 0.25) is 0 Å². The van der Waals surface area contributed by atoms with Gasteiger partial charge in [-0.05, 0) is 19.1 Å². The van der Waals surface area contributed by atoms with Crippen molar-refractivity contribution in [2.75, 3.05) is 0 Å². The third-order valence-electron chi connectivity index (χ3n) is 1.72. The van der Waals surface area contributed by atoms with Crippen LogP contribution in [0.25, 0.3) is 0 Å². The Morgan fingerprint density at radius 2 is 1.87 bits per heavy atom. The molecule has 0 spiro atoms. The molecule has 1 nitrogen and oxygen atoms in total. The summed E-state index contributed by atoms with van der Waals surface area (Å²) >= 11 is 5.36. The molecule has 0 N–H and O–H groups in total. The third kappa shape index (κ3) is 2.47. The number of ketones is 1. The first-order chi connectivity index (χ1) is 6.73. The van der Waals surface area contributed by atoms with Gasteiger partial charge >= 0.3 is 6.18 Å². The predicted molar refractivity (Wildman–Crippen MR) is 46.4 cm³/mol. The van der Waals surface area contributed by atoms with Gasteiger partial charge in [-0.15, -0.1) is 0 Å². The van der Waals surface area contributed by atoms with Gasteiger partial charge in [0.25, 0.3) is 0 Å². The second kappa shape index (κ2) is 3.81. The van der Waals surface area contributed by atoms with E-state index in [-0.39, 0.29) is 5.02 Å². The number of halogens is 5. The topological polar surface area (TPSA) is 17.1 Å². The van der Waals surface area contributed by atoms with E-state index < -0.39 is 28.9 Å². The van der Waals surface area contributed by atoms with Crippen molar-refractivity contribution >= 4 is 17.4 Å². The zero-order chi connectivity index (χ0) is 11.8. The van der Waals surface area contributed by atoms with Crippen molar-refractivity contribution in [1.29, 1.82) is 0 Å². The smallest absolute Gasteiger partial charge is 0.294 e. The first kappa shape index (κ1) is 12.0. The fourth-order valence-corrected chi connectivity index (χ4v) is 1.34. The Balaban J connectivity index is 3.55. The zero-order valence-electron chi connectivity index (χ0n) is 7.45. The number of carbonyl (C=O) groups is 1. The number of carbonyl (C=O) groups excluding carboxylic acids is 1. The van der Waals surface area contributed by atoms with Gasteiger partial charge < -0.3 is 0 Å². The van der Waals surface area contributed by atoms with Crippen LogP contribution in [0.3, 0.4) is 0 Å². The zero-order valence-corrected chi connectivity index (χ0v) is 8.21. The summed E-state index contributed by atoms with van der Waals surface area (Å²) in [5.41, 5.74) is -2.33. The molecule has 1 aromatic carbocycles. The van der Waals surface area contributed by atoms with Crippen molar-refractivity contribution in [3.8, 4) is 0 Å². The molecule has 0 bridgehead atoms. The summed E-state index contributed by atoms with van der Waals surface area (Å²) in [5.74, 6) is -2.43. The summed E-state index contributed by atoms with van der Waals surface area (Å²) in [5, 5.41) is -0.245. The highest BCUT2D eigenvalue weighted by Crippen LogP contribution is 2.35. The average molecular weight is 241 g/mol. The lowest BCUT2D eigenvalue weighted by Crippen LogP contribution is -2.14. The Hall–Kier alpha value is -1.10. The van der Waals surface area contributed by atoms with Gasteiger partial charge in [0.05, 0.1) is 0 Å². The maximum Gasteiger partial charge on any atom is 0.419 e. The first-order valence-corrected chi connectivity index (χ1v) is 4.18. The molecule has 0 fully saturated rings. The van der Waals surface area contributed by atoms with E-state index in [0.717, 1.165) is 13.0 Å². The van der Waals surface area contributed by atoms with Crippen LogP contribution >= 0.6 is 11.6 Å². The summed E-state index contributed by atoms with van der Waals surface area (Å²) < 4.78 is 50.1. The second-order valence-electron chi connectivity index (χ2n) is 2.86. The normalized spacial score (nSPS) is 11.6. The first-order valence-electron chi connectivity index (χ1n) is 3.80. The lowest BCUT2D eigenvalue weighted by Gasteiger charge is -2.12. The van der Waals surface area contributed by atoms with E-state index in [2.05, 4.69) is 0 Å². The molecule has 82 valence electrons. The quantitative estimate of drug-likeness (QED) is 0.540. The largest absolute Gasteiger partial charge is 0.419 e. The van der Waals surface area contributed by atoms with Gasteiger partial charge in [0, 0.05) is 10.6 Å². The van der Waals surface area contributed by atoms with Crippen LogP contribution in [0, 0.1) is 5.82 Å². The maximum absolute atomic E-state index is 13.0.